The van der Waals surface area contributed by atoms with Crippen molar-refractivity contribution in [3.05, 3.63) is 73.8 Å². The Kier molecular flexibility index (Phi) is 3.67. The highest BCUT2D eigenvalue weighted by Gasteiger charge is 2.32. The first-order valence-corrected chi connectivity index (χ1v) is 6.92. The molecule has 0 amide bonds. The number of rotatable bonds is 4. The number of nitro benzene ring substituents is 2. The van der Waals surface area contributed by atoms with Crippen LogP contribution in [0.4, 0.5) is 17.1 Å². The van der Waals surface area contributed by atoms with Gasteiger partial charge in [0.2, 0.25) is 0 Å². The second-order valence-electron chi connectivity index (χ2n) is 4.77. The summed E-state index contributed by atoms with van der Waals surface area (Å²) < 4.78 is 0. The van der Waals surface area contributed by atoms with Crippen LogP contribution in [0.5, 0.6) is 0 Å². The van der Waals surface area contributed by atoms with Crippen molar-refractivity contribution < 1.29 is 9.85 Å². The van der Waals surface area contributed by atoms with E-state index in [1.807, 2.05) is 24.3 Å². The lowest BCUT2D eigenvalue weighted by Gasteiger charge is -2.26. The average molecular weight is 333 g/mol. The zero-order chi connectivity index (χ0) is 16.6. The van der Waals surface area contributed by atoms with Crippen molar-refractivity contribution in [1.82, 2.24) is 0 Å². The smallest absolute Gasteiger partial charge is 0.271 e. The highest BCUT2D eigenvalue weighted by molar-refractivity contribution is 6.40. The number of anilines is 1. The molecule has 116 valence electrons. The number of nitro groups is 2. The van der Waals surface area contributed by atoms with Gasteiger partial charge in [-0.3, -0.25) is 25.7 Å². The van der Waals surface area contributed by atoms with Crippen molar-refractivity contribution in [1.29, 1.82) is 0 Å². The second kappa shape index (κ2) is 5.65. The highest BCUT2D eigenvalue weighted by atomic mass is 35.5. The van der Waals surface area contributed by atoms with E-state index in [1.54, 1.807) is 0 Å². The first-order valence-electron chi connectivity index (χ1n) is 6.49. The van der Waals surface area contributed by atoms with Crippen LogP contribution >= 0.6 is 11.6 Å². The third-order valence-corrected chi connectivity index (χ3v) is 3.88. The van der Waals surface area contributed by atoms with Crippen LogP contribution in [0.3, 0.4) is 0 Å². The van der Waals surface area contributed by atoms with Gasteiger partial charge in [0.1, 0.15) is 11.1 Å². The molecular weight excluding hydrogens is 324 g/mol. The van der Waals surface area contributed by atoms with Crippen LogP contribution in [0, 0.1) is 20.2 Å². The predicted molar refractivity (Wildman–Crippen MR) is 84.9 cm³/mol. The Morgan fingerprint density at radius 3 is 2.52 bits per heavy atom. The standard InChI is InChI=1S/C14H9ClN4O4/c15-13-9-3-1-2-4-10(9)14(13)17-16-11-6-5-8(18(20)21)7-12(11)19(22)23/h1-7,13,16H/t13-/m1/s1. The van der Waals surface area contributed by atoms with Gasteiger partial charge in [0.15, 0.2) is 0 Å². The lowest BCUT2D eigenvalue weighted by molar-refractivity contribution is -0.393. The van der Waals surface area contributed by atoms with E-state index in [-0.39, 0.29) is 11.4 Å². The number of fused-ring (bicyclic) bond motifs is 1. The van der Waals surface area contributed by atoms with Gasteiger partial charge in [-0.1, -0.05) is 24.3 Å². The molecule has 1 atom stereocenters. The number of alkyl halides is 1. The molecule has 8 nitrogen and oxygen atoms in total. The molecular formula is C14H9ClN4O4. The number of hydrazone groups is 1. The third kappa shape index (κ3) is 2.59. The molecule has 0 radical (unpaired) electrons. The maximum atomic E-state index is 11.1. The average Bonchev–Trinajstić information content (AvgIpc) is 2.54. The Bertz CT molecular complexity index is 852. The van der Waals surface area contributed by atoms with Crippen LogP contribution in [-0.4, -0.2) is 15.6 Å². The van der Waals surface area contributed by atoms with E-state index in [2.05, 4.69) is 10.5 Å². The fourth-order valence-corrected chi connectivity index (χ4v) is 2.63. The Hall–Kier alpha value is -3.00. The summed E-state index contributed by atoms with van der Waals surface area (Å²) in [6, 6.07) is 10.7. The van der Waals surface area contributed by atoms with E-state index < -0.39 is 20.9 Å². The summed E-state index contributed by atoms with van der Waals surface area (Å²) in [6.45, 7) is 0. The first-order chi connectivity index (χ1) is 11.0. The van der Waals surface area contributed by atoms with E-state index >= 15 is 0 Å². The van der Waals surface area contributed by atoms with E-state index in [0.717, 1.165) is 17.2 Å². The molecule has 23 heavy (non-hydrogen) atoms. The minimum Gasteiger partial charge on any atom is -0.271 e. The molecule has 0 saturated heterocycles. The van der Waals surface area contributed by atoms with Gasteiger partial charge in [-0.15, -0.1) is 11.6 Å². The Labute approximate surface area is 134 Å². The molecule has 0 fully saturated rings. The molecule has 2 aromatic carbocycles. The van der Waals surface area contributed by atoms with Crippen LogP contribution in [0.1, 0.15) is 16.5 Å². The first kappa shape index (κ1) is 14.9. The minimum absolute atomic E-state index is 0.0568. The lowest BCUT2D eigenvalue weighted by atomic mass is 9.86. The second-order valence-corrected chi connectivity index (χ2v) is 5.21. The van der Waals surface area contributed by atoms with E-state index in [0.29, 0.717) is 5.71 Å². The summed E-state index contributed by atoms with van der Waals surface area (Å²) in [6.07, 6.45) is 0. The maximum Gasteiger partial charge on any atom is 0.301 e. The van der Waals surface area contributed by atoms with Gasteiger partial charge >= 0.3 is 5.69 Å². The molecule has 0 aromatic heterocycles. The van der Waals surface area contributed by atoms with E-state index in [4.69, 9.17) is 11.6 Å². The number of halogens is 1. The van der Waals surface area contributed by atoms with Crippen molar-refractivity contribution in [3.8, 4) is 0 Å². The fraction of sp³-hybridized carbons (Fsp3) is 0.0714. The number of non-ortho nitro benzene ring substituents is 1. The van der Waals surface area contributed by atoms with E-state index in [9.17, 15) is 20.2 Å². The number of nitrogens with one attached hydrogen (secondary N) is 1. The molecule has 0 unspecified atom stereocenters. The SMILES string of the molecule is O=[N+]([O-])c1ccc(NN=C2c3ccccc3[C@H]2Cl)c([N+](=O)[O-])c1. The third-order valence-electron chi connectivity index (χ3n) is 3.44. The molecule has 0 spiro atoms. The molecule has 3 rings (SSSR count). The van der Waals surface area contributed by atoms with Crippen LogP contribution in [0.15, 0.2) is 47.6 Å². The molecule has 2 aromatic rings. The molecule has 0 saturated carbocycles. The van der Waals surface area contributed by atoms with Gasteiger partial charge in [-0.25, -0.2) is 0 Å². The topological polar surface area (TPSA) is 111 Å². The predicted octanol–water partition coefficient (Wildman–Crippen LogP) is 3.61. The molecule has 0 aliphatic heterocycles. The molecule has 0 heterocycles. The molecule has 9 heteroatoms. The van der Waals surface area contributed by atoms with Crippen molar-refractivity contribution in [2.24, 2.45) is 5.10 Å². The molecule has 1 aliphatic carbocycles. The Balaban J connectivity index is 1.91. The quantitative estimate of drug-likeness (QED) is 0.522. The summed E-state index contributed by atoms with van der Waals surface area (Å²) in [4.78, 5) is 20.4. The van der Waals surface area contributed by atoms with Crippen LogP contribution in [0.25, 0.3) is 0 Å². The monoisotopic (exact) mass is 332 g/mol. The zero-order valence-electron chi connectivity index (χ0n) is 11.5. The Morgan fingerprint density at radius 2 is 1.83 bits per heavy atom. The number of nitrogens with zero attached hydrogens (tertiary/aromatic N) is 3. The van der Waals surface area contributed by atoms with Crippen molar-refractivity contribution >= 4 is 34.4 Å². The summed E-state index contributed by atoms with van der Waals surface area (Å²) in [5.74, 6) is 0. The number of hydrogen-bond donors (Lipinski definition) is 1. The Morgan fingerprint density at radius 1 is 1.09 bits per heavy atom. The summed E-state index contributed by atoms with van der Waals surface area (Å²) in [5, 5.41) is 25.5. The minimum atomic E-state index is -0.706. The van der Waals surface area contributed by atoms with Gasteiger partial charge in [0.25, 0.3) is 5.69 Å². The van der Waals surface area contributed by atoms with Crippen molar-refractivity contribution in [3.63, 3.8) is 0 Å². The molecule has 0 bridgehead atoms. The summed E-state index contributed by atoms with van der Waals surface area (Å²) >= 11 is 6.19. The van der Waals surface area contributed by atoms with Gasteiger partial charge in [-0.2, -0.15) is 5.10 Å². The van der Waals surface area contributed by atoms with Gasteiger partial charge in [-0.05, 0) is 11.6 Å². The van der Waals surface area contributed by atoms with E-state index in [1.165, 1.54) is 12.1 Å². The lowest BCUT2D eigenvalue weighted by Crippen LogP contribution is -2.24. The maximum absolute atomic E-state index is 11.1. The van der Waals surface area contributed by atoms with Crippen LogP contribution in [-0.2, 0) is 0 Å². The molecule has 1 N–H and O–H groups in total. The van der Waals surface area contributed by atoms with Crippen LogP contribution < -0.4 is 5.43 Å². The summed E-state index contributed by atoms with van der Waals surface area (Å²) in [7, 11) is 0. The number of benzene rings is 2. The normalized spacial score (nSPS) is 17.3. The fourth-order valence-electron chi connectivity index (χ4n) is 2.27. The van der Waals surface area contributed by atoms with Gasteiger partial charge < -0.3 is 0 Å². The summed E-state index contributed by atoms with van der Waals surface area (Å²) in [5.41, 5.74) is 4.21. The highest BCUT2D eigenvalue weighted by Crippen LogP contribution is 2.39. The number of hydrogen-bond acceptors (Lipinski definition) is 6. The molecule has 1 aliphatic rings. The van der Waals surface area contributed by atoms with Crippen molar-refractivity contribution in [2.75, 3.05) is 5.43 Å². The van der Waals surface area contributed by atoms with Gasteiger partial charge in [0.05, 0.1) is 21.6 Å². The van der Waals surface area contributed by atoms with Gasteiger partial charge in [0, 0.05) is 11.6 Å². The zero-order valence-corrected chi connectivity index (χ0v) is 12.2. The largest absolute Gasteiger partial charge is 0.301 e. The van der Waals surface area contributed by atoms with Crippen molar-refractivity contribution in [2.45, 2.75) is 5.38 Å². The van der Waals surface area contributed by atoms with Crippen LogP contribution in [0.2, 0.25) is 0 Å².